The zero-order valence-electron chi connectivity index (χ0n) is 19.2. The fourth-order valence-electron chi connectivity index (χ4n) is 4.96. The molecule has 0 aliphatic heterocycles. The van der Waals surface area contributed by atoms with Gasteiger partial charge in [-0.3, -0.25) is 0 Å². The summed E-state index contributed by atoms with van der Waals surface area (Å²) in [7, 11) is 0. The zero-order chi connectivity index (χ0) is 22.2. The molecule has 0 bridgehead atoms. The molecule has 0 amide bonds. The second kappa shape index (κ2) is 8.44. The standard InChI is InChI=1S/C25H34O5/c1-8-15(4)24(27)29-21-11-18-10-20-19(16(5)13-28-20)12-25(18,7)17(6)23(21)30-22(26)9-14(2)3/h8-9,13,17-18,21,23H,10-12H2,1-7H3/b15-8-/t17-,18+,21-,23-,25+/m0/s1. The summed E-state index contributed by atoms with van der Waals surface area (Å²) in [5.74, 6) is 0.613. The third-order valence-corrected chi connectivity index (χ3v) is 7.20. The second-order valence-corrected chi connectivity index (χ2v) is 9.47. The van der Waals surface area contributed by atoms with E-state index in [0.29, 0.717) is 12.0 Å². The number of carbonyl (C=O) groups excluding carboxylic acids is 2. The van der Waals surface area contributed by atoms with Crippen LogP contribution in [0.15, 0.2) is 34.0 Å². The minimum absolute atomic E-state index is 0.0249. The molecule has 3 rings (SSSR count). The van der Waals surface area contributed by atoms with Gasteiger partial charge in [0.05, 0.1) is 6.26 Å². The van der Waals surface area contributed by atoms with Crippen LogP contribution >= 0.6 is 0 Å². The Morgan fingerprint density at radius 3 is 2.57 bits per heavy atom. The molecule has 0 radical (unpaired) electrons. The molecule has 30 heavy (non-hydrogen) atoms. The summed E-state index contributed by atoms with van der Waals surface area (Å²) in [6, 6.07) is 0. The van der Waals surface area contributed by atoms with Gasteiger partial charge >= 0.3 is 11.9 Å². The average Bonchev–Trinajstić information content (AvgIpc) is 3.02. The Morgan fingerprint density at radius 2 is 1.93 bits per heavy atom. The van der Waals surface area contributed by atoms with Gasteiger partial charge in [-0.15, -0.1) is 0 Å². The molecule has 1 aromatic rings. The first-order valence-corrected chi connectivity index (χ1v) is 10.8. The minimum Gasteiger partial charge on any atom is -0.469 e. The van der Waals surface area contributed by atoms with Crippen LogP contribution in [0.2, 0.25) is 0 Å². The van der Waals surface area contributed by atoms with Crippen molar-refractivity contribution in [2.45, 2.75) is 79.9 Å². The number of ether oxygens (including phenoxy) is 2. The maximum atomic E-state index is 12.5. The molecule has 0 saturated heterocycles. The number of carbonyl (C=O) groups is 2. The van der Waals surface area contributed by atoms with E-state index in [-0.39, 0.29) is 29.2 Å². The van der Waals surface area contributed by atoms with Crippen LogP contribution in [0, 0.1) is 24.2 Å². The van der Waals surface area contributed by atoms with E-state index in [1.807, 2.05) is 27.0 Å². The number of allylic oxidation sites excluding steroid dienone is 2. The van der Waals surface area contributed by atoms with Crippen LogP contribution in [-0.4, -0.2) is 24.1 Å². The van der Waals surface area contributed by atoms with E-state index in [4.69, 9.17) is 13.9 Å². The lowest BCUT2D eigenvalue weighted by atomic mass is 9.54. The number of fused-ring (bicyclic) bond motifs is 2. The number of hydrogen-bond acceptors (Lipinski definition) is 5. The van der Waals surface area contributed by atoms with E-state index in [9.17, 15) is 9.59 Å². The van der Waals surface area contributed by atoms with Gasteiger partial charge < -0.3 is 13.9 Å². The lowest BCUT2D eigenvalue weighted by Gasteiger charge is -2.53. The van der Waals surface area contributed by atoms with Gasteiger partial charge in [0.1, 0.15) is 18.0 Å². The highest BCUT2D eigenvalue weighted by atomic mass is 16.6. The number of aryl methyl sites for hydroxylation is 1. The Kier molecular flexibility index (Phi) is 6.30. The van der Waals surface area contributed by atoms with Crippen molar-refractivity contribution in [1.82, 2.24) is 0 Å². The van der Waals surface area contributed by atoms with Crippen molar-refractivity contribution < 1.29 is 23.5 Å². The highest BCUT2D eigenvalue weighted by Crippen LogP contribution is 2.54. The van der Waals surface area contributed by atoms with E-state index in [2.05, 4.69) is 20.8 Å². The van der Waals surface area contributed by atoms with Crippen molar-refractivity contribution >= 4 is 11.9 Å². The van der Waals surface area contributed by atoms with Gasteiger partial charge in [-0.25, -0.2) is 9.59 Å². The van der Waals surface area contributed by atoms with E-state index in [0.717, 1.165) is 24.2 Å². The zero-order valence-corrected chi connectivity index (χ0v) is 19.2. The van der Waals surface area contributed by atoms with Crippen molar-refractivity contribution in [3.05, 3.63) is 46.4 Å². The predicted molar refractivity (Wildman–Crippen MR) is 115 cm³/mol. The molecule has 1 heterocycles. The number of furan rings is 1. The molecule has 2 aliphatic rings. The monoisotopic (exact) mass is 414 g/mol. The Morgan fingerprint density at radius 1 is 1.23 bits per heavy atom. The topological polar surface area (TPSA) is 65.7 Å². The number of rotatable bonds is 4. The SMILES string of the molecule is C/C=C(/C)C(=O)O[C@H]1C[C@H]2Cc3occ(C)c3C[C@]2(C)[C@@H](C)[C@@H]1OC(=O)C=C(C)C. The molecule has 5 nitrogen and oxygen atoms in total. The fraction of sp³-hybridized carbons (Fsp3) is 0.600. The lowest BCUT2D eigenvalue weighted by Crippen LogP contribution is -2.56. The first-order valence-electron chi connectivity index (χ1n) is 10.8. The first-order chi connectivity index (χ1) is 14.1. The average molecular weight is 415 g/mol. The Balaban J connectivity index is 1.94. The van der Waals surface area contributed by atoms with Crippen LogP contribution in [0.4, 0.5) is 0 Å². The molecule has 0 spiro atoms. The summed E-state index contributed by atoms with van der Waals surface area (Å²) in [5.41, 5.74) is 3.80. The van der Waals surface area contributed by atoms with Crippen LogP contribution in [-0.2, 0) is 31.9 Å². The Hall–Kier alpha value is -2.30. The first kappa shape index (κ1) is 22.4. The summed E-state index contributed by atoms with van der Waals surface area (Å²) in [5, 5.41) is 0. The third-order valence-electron chi connectivity index (χ3n) is 7.20. The molecular formula is C25H34O5. The summed E-state index contributed by atoms with van der Waals surface area (Å²) in [6.45, 7) is 13.7. The summed E-state index contributed by atoms with van der Waals surface area (Å²) in [4.78, 5) is 25.0. The summed E-state index contributed by atoms with van der Waals surface area (Å²) in [6.07, 6.45) is 6.43. The van der Waals surface area contributed by atoms with Crippen LogP contribution in [0.5, 0.6) is 0 Å². The molecule has 5 atom stereocenters. The predicted octanol–water partition coefficient (Wildman–Crippen LogP) is 5.10. The highest BCUT2D eigenvalue weighted by molar-refractivity contribution is 5.87. The quantitative estimate of drug-likeness (QED) is 0.506. The van der Waals surface area contributed by atoms with Crippen LogP contribution in [0.25, 0.3) is 0 Å². The normalized spacial score (nSPS) is 30.7. The van der Waals surface area contributed by atoms with E-state index >= 15 is 0 Å². The smallest absolute Gasteiger partial charge is 0.333 e. The van der Waals surface area contributed by atoms with Crippen LogP contribution in [0.3, 0.4) is 0 Å². The minimum atomic E-state index is -0.489. The number of hydrogen-bond donors (Lipinski definition) is 0. The third kappa shape index (κ3) is 4.12. The molecule has 0 aromatic carbocycles. The molecule has 2 aliphatic carbocycles. The van der Waals surface area contributed by atoms with Crippen LogP contribution in [0.1, 0.15) is 64.9 Å². The van der Waals surface area contributed by atoms with Crippen molar-refractivity contribution in [2.24, 2.45) is 17.3 Å². The van der Waals surface area contributed by atoms with E-state index in [1.165, 1.54) is 17.2 Å². The Bertz CT molecular complexity index is 885. The lowest BCUT2D eigenvalue weighted by molar-refractivity contribution is -0.188. The fourth-order valence-corrected chi connectivity index (χ4v) is 4.96. The molecule has 1 saturated carbocycles. The van der Waals surface area contributed by atoms with Crippen molar-refractivity contribution in [1.29, 1.82) is 0 Å². The van der Waals surface area contributed by atoms with Crippen molar-refractivity contribution in [3.8, 4) is 0 Å². The molecule has 0 N–H and O–H groups in total. The van der Waals surface area contributed by atoms with Crippen molar-refractivity contribution in [3.63, 3.8) is 0 Å². The molecule has 1 fully saturated rings. The van der Waals surface area contributed by atoms with Gasteiger partial charge in [0, 0.05) is 24.0 Å². The maximum Gasteiger partial charge on any atom is 0.333 e. The van der Waals surface area contributed by atoms with Gasteiger partial charge in [0.25, 0.3) is 0 Å². The van der Waals surface area contributed by atoms with Gasteiger partial charge in [0.15, 0.2) is 0 Å². The molecule has 0 unspecified atom stereocenters. The maximum absolute atomic E-state index is 12.5. The number of esters is 2. The molecule has 5 heteroatoms. The van der Waals surface area contributed by atoms with Gasteiger partial charge in [-0.2, -0.15) is 0 Å². The van der Waals surface area contributed by atoms with Crippen LogP contribution < -0.4 is 0 Å². The molecule has 1 aromatic heterocycles. The van der Waals surface area contributed by atoms with Gasteiger partial charge in [0.2, 0.25) is 0 Å². The van der Waals surface area contributed by atoms with Crippen molar-refractivity contribution in [2.75, 3.05) is 0 Å². The molecule has 164 valence electrons. The second-order valence-electron chi connectivity index (χ2n) is 9.47. The van der Waals surface area contributed by atoms with Gasteiger partial charge in [-0.05, 0) is 69.9 Å². The summed E-state index contributed by atoms with van der Waals surface area (Å²) >= 11 is 0. The highest BCUT2D eigenvalue weighted by Gasteiger charge is 2.55. The largest absolute Gasteiger partial charge is 0.469 e. The molecular weight excluding hydrogens is 380 g/mol. The summed E-state index contributed by atoms with van der Waals surface area (Å²) < 4.78 is 17.6. The van der Waals surface area contributed by atoms with Gasteiger partial charge in [-0.1, -0.05) is 25.5 Å². The van der Waals surface area contributed by atoms with E-state index in [1.54, 1.807) is 13.0 Å². The van der Waals surface area contributed by atoms with E-state index < -0.39 is 12.2 Å². The Labute approximate surface area is 179 Å².